The molecule has 0 saturated carbocycles. The lowest BCUT2D eigenvalue weighted by Gasteiger charge is -2.18. The first-order valence-corrected chi connectivity index (χ1v) is 26.9. The number of esters is 3. The summed E-state index contributed by atoms with van der Waals surface area (Å²) < 4.78 is 16.7. The second kappa shape index (κ2) is 53.7. The van der Waals surface area contributed by atoms with E-state index in [9.17, 15) is 14.4 Å². The molecular formula is C60H98O6. The van der Waals surface area contributed by atoms with Crippen LogP contribution in [0.5, 0.6) is 0 Å². The molecule has 66 heavy (non-hydrogen) atoms. The zero-order chi connectivity index (χ0) is 47.9. The summed E-state index contributed by atoms with van der Waals surface area (Å²) in [5, 5.41) is 0. The van der Waals surface area contributed by atoms with E-state index in [1.807, 2.05) is 0 Å². The van der Waals surface area contributed by atoms with Crippen LogP contribution in [0.2, 0.25) is 0 Å². The summed E-state index contributed by atoms with van der Waals surface area (Å²) >= 11 is 0. The Morgan fingerprint density at radius 1 is 0.318 bits per heavy atom. The van der Waals surface area contributed by atoms with Gasteiger partial charge in [0.25, 0.3) is 0 Å². The van der Waals surface area contributed by atoms with Crippen LogP contribution in [0.3, 0.4) is 0 Å². The molecule has 0 aromatic heterocycles. The minimum atomic E-state index is -0.820. The van der Waals surface area contributed by atoms with Crippen LogP contribution in [0.25, 0.3) is 0 Å². The Morgan fingerprint density at radius 2 is 0.606 bits per heavy atom. The number of hydrogen-bond acceptors (Lipinski definition) is 6. The average Bonchev–Trinajstić information content (AvgIpc) is 3.31. The predicted molar refractivity (Wildman–Crippen MR) is 283 cm³/mol. The fraction of sp³-hybridized carbons (Fsp3) is 0.650. The Morgan fingerprint density at radius 3 is 1.00 bits per heavy atom. The van der Waals surface area contributed by atoms with Crippen molar-refractivity contribution in [1.82, 2.24) is 0 Å². The number of unbranched alkanes of at least 4 members (excludes halogenated alkanes) is 18. The molecule has 0 radical (unpaired) electrons. The molecule has 1 atom stereocenters. The van der Waals surface area contributed by atoms with Crippen LogP contribution < -0.4 is 0 Å². The number of carbonyl (C=O) groups excluding carboxylic acids is 3. The largest absolute Gasteiger partial charge is 0.462 e. The van der Waals surface area contributed by atoms with Gasteiger partial charge in [-0.1, -0.05) is 220 Å². The number of rotatable bonds is 47. The molecule has 0 aromatic carbocycles. The molecular weight excluding hydrogens is 817 g/mol. The lowest BCUT2D eigenvalue weighted by molar-refractivity contribution is -0.167. The summed E-state index contributed by atoms with van der Waals surface area (Å²) in [6.07, 6.45) is 72.2. The fourth-order valence-electron chi connectivity index (χ4n) is 6.99. The van der Waals surface area contributed by atoms with E-state index in [2.05, 4.69) is 130 Å². The van der Waals surface area contributed by atoms with Gasteiger partial charge >= 0.3 is 17.9 Å². The first-order valence-electron chi connectivity index (χ1n) is 26.9. The molecule has 0 fully saturated rings. The summed E-state index contributed by atoms with van der Waals surface area (Å²) in [5.74, 6) is -1.00. The highest BCUT2D eigenvalue weighted by Crippen LogP contribution is 2.14. The van der Waals surface area contributed by atoms with Crippen molar-refractivity contribution in [2.45, 2.75) is 239 Å². The summed E-state index contributed by atoms with van der Waals surface area (Å²) in [7, 11) is 0. The first-order chi connectivity index (χ1) is 32.5. The quantitative estimate of drug-likeness (QED) is 0.0262. The van der Waals surface area contributed by atoms with Crippen LogP contribution in [0.1, 0.15) is 233 Å². The SMILES string of the molecule is CC/C=C\C/C=C\C/C=C\C/C=C\C/C=C\CCCCCC(=O)OC[C@@H](COC(=O)CCCCCCCCCCCCCC)OC(=O)CCC/C=C\C/C=C\C/C=C\C/C=C\CCCCC. The van der Waals surface area contributed by atoms with Crippen molar-refractivity contribution in [3.63, 3.8) is 0 Å². The molecule has 0 spiro atoms. The third kappa shape index (κ3) is 51.1. The molecule has 0 aliphatic carbocycles. The number of allylic oxidation sites excluding steroid dienone is 18. The Bertz CT molecular complexity index is 1370. The molecule has 0 bridgehead atoms. The molecule has 0 amide bonds. The highest BCUT2D eigenvalue weighted by Gasteiger charge is 2.19. The minimum absolute atomic E-state index is 0.111. The summed E-state index contributed by atoms with van der Waals surface area (Å²) in [4.78, 5) is 38.0. The molecule has 0 heterocycles. The second-order valence-corrected chi connectivity index (χ2v) is 17.4. The van der Waals surface area contributed by atoms with Crippen molar-refractivity contribution in [3.8, 4) is 0 Å². The molecule has 6 nitrogen and oxygen atoms in total. The van der Waals surface area contributed by atoms with Crippen LogP contribution in [0.4, 0.5) is 0 Å². The zero-order valence-corrected chi connectivity index (χ0v) is 42.7. The van der Waals surface area contributed by atoms with Crippen LogP contribution in [0.15, 0.2) is 109 Å². The van der Waals surface area contributed by atoms with Gasteiger partial charge in [-0.05, 0) is 103 Å². The van der Waals surface area contributed by atoms with Crippen LogP contribution in [-0.4, -0.2) is 37.2 Å². The van der Waals surface area contributed by atoms with Gasteiger partial charge in [-0.25, -0.2) is 0 Å². The number of carbonyl (C=O) groups is 3. The molecule has 0 N–H and O–H groups in total. The molecule has 0 unspecified atom stereocenters. The van der Waals surface area contributed by atoms with Crippen molar-refractivity contribution in [2.75, 3.05) is 13.2 Å². The maximum Gasteiger partial charge on any atom is 0.306 e. The summed E-state index contributed by atoms with van der Waals surface area (Å²) in [5.41, 5.74) is 0. The lowest BCUT2D eigenvalue weighted by Crippen LogP contribution is -2.30. The van der Waals surface area contributed by atoms with Crippen molar-refractivity contribution in [3.05, 3.63) is 109 Å². The van der Waals surface area contributed by atoms with Crippen LogP contribution in [0, 0.1) is 0 Å². The minimum Gasteiger partial charge on any atom is -0.462 e. The van der Waals surface area contributed by atoms with E-state index < -0.39 is 6.10 Å². The monoisotopic (exact) mass is 915 g/mol. The van der Waals surface area contributed by atoms with Crippen molar-refractivity contribution in [1.29, 1.82) is 0 Å². The van der Waals surface area contributed by atoms with Crippen molar-refractivity contribution in [2.24, 2.45) is 0 Å². The summed E-state index contributed by atoms with van der Waals surface area (Å²) in [6.45, 7) is 6.41. The lowest BCUT2D eigenvalue weighted by atomic mass is 10.0. The molecule has 0 saturated heterocycles. The van der Waals surface area contributed by atoms with Crippen molar-refractivity contribution < 1.29 is 28.6 Å². The second-order valence-electron chi connectivity index (χ2n) is 17.4. The van der Waals surface area contributed by atoms with Gasteiger partial charge in [0.1, 0.15) is 13.2 Å². The standard InChI is InChI=1S/C60H98O6/c1-4-7-10-13-16-19-22-25-27-29-30-32-33-35-38-41-44-47-50-53-59(62)65-56-57(55-64-58(61)52-49-46-43-40-37-24-21-18-15-12-9-6-3)66-60(63)54-51-48-45-42-39-36-34-31-28-26-23-20-17-14-11-8-5-2/h7,10,16-17,19-20,25-28,30,32,34-36,38,42,45,57H,4-6,8-9,11-15,18,21-24,29,31,33,37,39-41,43-44,46-56H2,1-3H3/b10-7-,19-16-,20-17-,27-25-,28-26-,32-30-,36-34-,38-35-,45-42-/t57-/m1/s1. The highest BCUT2D eigenvalue weighted by atomic mass is 16.6. The maximum atomic E-state index is 12.8. The van der Waals surface area contributed by atoms with Gasteiger partial charge in [-0.3, -0.25) is 14.4 Å². The highest BCUT2D eigenvalue weighted by molar-refractivity contribution is 5.71. The molecule has 0 aliphatic heterocycles. The number of ether oxygens (including phenoxy) is 3. The van der Waals surface area contributed by atoms with E-state index in [1.165, 1.54) is 83.5 Å². The van der Waals surface area contributed by atoms with Gasteiger partial charge in [-0.15, -0.1) is 0 Å². The van der Waals surface area contributed by atoms with Gasteiger partial charge in [-0.2, -0.15) is 0 Å². The molecule has 0 aliphatic rings. The molecule has 0 aromatic rings. The fourth-order valence-corrected chi connectivity index (χ4v) is 6.99. The Kier molecular flexibility index (Phi) is 50.5. The van der Waals surface area contributed by atoms with E-state index in [1.54, 1.807) is 0 Å². The normalized spacial score (nSPS) is 13.0. The summed E-state index contributed by atoms with van der Waals surface area (Å²) in [6, 6.07) is 0. The molecule has 0 rings (SSSR count). The van der Waals surface area contributed by atoms with Gasteiger partial charge in [0.05, 0.1) is 0 Å². The van der Waals surface area contributed by atoms with Crippen molar-refractivity contribution >= 4 is 17.9 Å². The number of hydrogen-bond donors (Lipinski definition) is 0. The third-order valence-corrected chi connectivity index (χ3v) is 11.0. The Hall–Kier alpha value is -3.93. The molecule has 374 valence electrons. The average molecular weight is 915 g/mol. The van der Waals surface area contributed by atoms with Gasteiger partial charge in [0.15, 0.2) is 6.10 Å². The first kappa shape index (κ1) is 62.1. The van der Waals surface area contributed by atoms with E-state index in [0.717, 1.165) is 103 Å². The Balaban J connectivity index is 4.53. The zero-order valence-electron chi connectivity index (χ0n) is 42.7. The predicted octanol–water partition coefficient (Wildman–Crippen LogP) is 17.9. The van der Waals surface area contributed by atoms with Gasteiger partial charge in [0, 0.05) is 19.3 Å². The Labute approximate surface area is 406 Å². The van der Waals surface area contributed by atoms with E-state index in [0.29, 0.717) is 19.3 Å². The van der Waals surface area contributed by atoms with E-state index in [-0.39, 0.29) is 37.5 Å². The van der Waals surface area contributed by atoms with Gasteiger partial charge in [0.2, 0.25) is 0 Å². The molecule has 6 heteroatoms. The maximum absolute atomic E-state index is 12.8. The van der Waals surface area contributed by atoms with E-state index in [4.69, 9.17) is 14.2 Å². The third-order valence-electron chi connectivity index (χ3n) is 11.0. The topological polar surface area (TPSA) is 78.9 Å². The smallest absolute Gasteiger partial charge is 0.306 e. The van der Waals surface area contributed by atoms with E-state index >= 15 is 0 Å². The van der Waals surface area contributed by atoms with Gasteiger partial charge < -0.3 is 14.2 Å². The van der Waals surface area contributed by atoms with Crippen LogP contribution >= 0.6 is 0 Å². The van der Waals surface area contributed by atoms with Crippen LogP contribution in [-0.2, 0) is 28.6 Å².